The number of fused-ring (bicyclic) bond motifs is 2. The lowest BCUT2D eigenvalue weighted by molar-refractivity contribution is 0.100. The Bertz CT molecular complexity index is 1610. The standard InChI is InChI=1S/C22H17ClN8O2.H2S/c23-14-6-9-30-17(14)22(33)31(12-4-2-1-3-5-12)20(28-30)15-7-8-29(15)21-16-13(18(24)32)10-25-19(16)26-11-27-21;/h1-6,9-11,15H,7-8H2,(H2,24,32)(H,25,26,27);1H2/t15-;/m0./s1. The molecule has 172 valence electrons. The number of hydrogen-bond acceptors (Lipinski definition) is 6. The van der Waals surface area contributed by atoms with Gasteiger partial charge in [-0.1, -0.05) is 29.8 Å². The van der Waals surface area contributed by atoms with E-state index in [1.165, 1.54) is 17.0 Å². The number of anilines is 1. The third-order valence-electron chi connectivity index (χ3n) is 5.98. The van der Waals surface area contributed by atoms with Crippen LogP contribution in [0.5, 0.6) is 0 Å². The molecule has 1 atom stereocenters. The molecule has 0 unspecified atom stereocenters. The smallest absolute Gasteiger partial charge is 0.284 e. The number of carbonyl (C=O) groups is 1. The fourth-order valence-electron chi connectivity index (χ4n) is 4.36. The van der Waals surface area contributed by atoms with Crippen LogP contribution in [0, 0.1) is 0 Å². The van der Waals surface area contributed by atoms with E-state index < -0.39 is 5.91 Å². The number of primary amides is 1. The number of hydrogen-bond donors (Lipinski definition) is 2. The molecular weight excluding hydrogens is 476 g/mol. The third-order valence-corrected chi connectivity index (χ3v) is 6.29. The van der Waals surface area contributed by atoms with Gasteiger partial charge < -0.3 is 15.6 Å². The van der Waals surface area contributed by atoms with E-state index in [4.69, 9.17) is 22.4 Å². The average Bonchev–Trinajstić information content (AvgIpc) is 3.38. The minimum Gasteiger partial charge on any atom is -0.366 e. The zero-order valence-electron chi connectivity index (χ0n) is 17.6. The zero-order chi connectivity index (χ0) is 22.7. The molecule has 1 fully saturated rings. The Hall–Kier alpha value is -3.83. The van der Waals surface area contributed by atoms with Gasteiger partial charge >= 0.3 is 0 Å². The quantitative estimate of drug-likeness (QED) is 0.395. The largest absolute Gasteiger partial charge is 0.366 e. The Labute approximate surface area is 204 Å². The van der Waals surface area contributed by atoms with Gasteiger partial charge in [-0.2, -0.15) is 18.6 Å². The highest BCUT2D eigenvalue weighted by Gasteiger charge is 2.37. The lowest BCUT2D eigenvalue weighted by Crippen LogP contribution is -2.45. The van der Waals surface area contributed by atoms with Gasteiger partial charge in [0.1, 0.15) is 23.3 Å². The maximum absolute atomic E-state index is 13.5. The van der Waals surface area contributed by atoms with Gasteiger partial charge in [0.15, 0.2) is 5.82 Å². The number of nitrogens with zero attached hydrogens (tertiary/aromatic N) is 6. The summed E-state index contributed by atoms with van der Waals surface area (Å²) in [4.78, 5) is 39.2. The van der Waals surface area contributed by atoms with Crippen molar-refractivity contribution in [2.45, 2.75) is 12.5 Å². The number of H-pyrrole nitrogens is 1. The Morgan fingerprint density at radius 3 is 2.68 bits per heavy atom. The molecule has 1 aromatic carbocycles. The van der Waals surface area contributed by atoms with E-state index in [-0.39, 0.29) is 25.1 Å². The van der Waals surface area contributed by atoms with Crippen LogP contribution >= 0.6 is 25.1 Å². The van der Waals surface area contributed by atoms with E-state index in [1.807, 2.05) is 35.2 Å². The van der Waals surface area contributed by atoms with Crippen molar-refractivity contribution in [2.75, 3.05) is 11.4 Å². The fraction of sp³-hybridized carbons (Fsp3) is 0.136. The summed E-state index contributed by atoms with van der Waals surface area (Å²) in [6, 6.07) is 10.7. The molecule has 0 aliphatic carbocycles. The summed E-state index contributed by atoms with van der Waals surface area (Å²) in [7, 11) is 0. The van der Waals surface area contributed by atoms with Crippen molar-refractivity contribution in [3.8, 4) is 5.69 Å². The number of amides is 1. The summed E-state index contributed by atoms with van der Waals surface area (Å²) in [5.74, 6) is 0.531. The molecule has 6 rings (SSSR count). The molecule has 0 radical (unpaired) electrons. The monoisotopic (exact) mass is 494 g/mol. The molecule has 10 nitrogen and oxygen atoms in total. The summed E-state index contributed by atoms with van der Waals surface area (Å²) in [6.07, 6.45) is 5.37. The van der Waals surface area contributed by atoms with Crippen LogP contribution in [0.1, 0.15) is 28.6 Å². The van der Waals surface area contributed by atoms with Crippen LogP contribution in [0.25, 0.3) is 22.2 Å². The van der Waals surface area contributed by atoms with Gasteiger partial charge in [0.2, 0.25) is 0 Å². The second-order valence-corrected chi connectivity index (χ2v) is 8.18. The molecule has 0 saturated carbocycles. The van der Waals surface area contributed by atoms with Gasteiger partial charge in [0.05, 0.1) is 27.7 Å². The summed E-state index contributed by atoms with van der Waals surface area (Å²) in [6.45, 7) is 0.662. The number of benzene rings is 1. The highest BCUT2D eigenvalue weighted by molar-refractivity contribution is 7.59. The highest BCUT2D eigenvalue weighted by Crippen LogP contribution is 2.39. The van der Waals surface area contributed by atoms with E-state index in [0.29, 0.717) is 51.0 Å². The molecule has 1 aliphatic rings. The first-order chi connectivity index (χ1) is 16.0. The minimum atomic E-state index is -0.572. The number of halogens is 1. The first-order valence-corrected chi connectivity index (χ1v) is 10.7. The third kappa shape index (κ3) is 3.16. The van der Waals surface area contributed by atoms with E-state index in [2.05, 4.69) is 15.0 Å². The van der Waals surface area contributed by atoms with Crippen LogP contribution in [0.2, 0.25) is 5.02 Å². The summed E-state index contributed by atoms with van der Waals surface area (Å²) < 4.78 is 3.10. The molecule has 12 heteroatoms. The van der Waals surface area contributed by atoms with Crippen LogP contribution in [-0.4, -0.2) is 41.6 Å². The molecule has 1 saturated heterocycles. The number of rotatable bonds is 4. The second-order valence-electron chi connectivity index (χ2n) is 7.78. The molecule has 0 spiro atoms. The van der Waals surface area contributed by atoms with Gasteiger partial charge in [-0.15, -0.1) is 0 Å². The SMILES string of the molecule is NC(=O)c1c[nH]c2ncnc(N3CC[C@H]3c3nn4ccc(Cl)c4c(=O)n3-c3ccccc3)c12.S. The molecule has 34 heavy (non-hydrogen) atoms. The predicted octanol–water partition coefficient (Wildman–Crippen LogP) is 2.57. The molecular formula is C22H19ClN8O2S. The summed E-state index contributed by atoms with van der Waals surface area (Å²) in [5, 5.41) is 5.65. The maximum atomic E-state index is 13.5. The van der Waals surface area contributed by atoms with Crippen molar-refractivity contribution in [2.24, 2.45) is 5.73 Å². The predicted molar refractivity (Wildman–Crippen MR) is 133 cm³/mol. The van der Waals surface area contributed by atoms with Gasteiger partial charge in [-0.25, -0.2) is 14.5 Å². The number of aromatic nitrogens is 6. The Kier molecular flexibility index (Phi) is 5.29. The Morgan fingerprint density at radius 2 is 1.97 bits per heavy atom. The van der Waals surface area contributed by atoms with E-state index in [9.17, 15) is 9.59 Å². The van der Waals surface area contributed by atoms with Crippen LogP contribution in [-0.2, 0) is 0 Å². The van der Waals surface area contributed by atoms with Crippen LogP contribution in [0.3, 0.4) is 0 Å². The van der Waals surface area contributed by atoms with Gasteiger partial charge in [0.25, 0.3) is 11.5 Å². The van der Waals surface area contributed by atoms with Crippen LogP contribution in [0.4, 0.5) is 5.82 Å². The topological polar surface area (TPSA) is 127 Å². The molecule has 3 N–H and O–H groups in total. The van der Waals surface area contributed by atoms with Crippen molar-refractivity contribution in [1.82, 2.24) is 29.1 Å². The summed E-state index contributed by atoms with van der Waals surface area (Å²) in [5.41, 5.74) is 7.13. The van der Waals surface area contributed by atoms with Crippen molar-refractivity contribution in [3.63, 3.8) is 0 Å². The Morgan fingerprint density at radius 1 is 1.18 bits per heavy atom. The Balaban J connectivity index is 0.00000241. The fourth-order valence-corrected chi connectivity index (χ4v) is 4.58. The van der Waals surface area contributed by atoms with Gasteiger partial charge in [-0.3, -0.25) is 14.2 Å². The first-order valence-electron chi connectivity index (χ1n) is 10.3. The lowest BCUT2D eigenvalue weighted by Gasteiger charge is -2.42. The molecule has 1 aliphatic heterocycles. The maximum Gasteiger partial charge on any atom is 0.284 e. The number of aromatic amines is 1. The average molecular weight is 495 g/mol. The number of para-hydroxylation sites is 1. The molecule has 1 amide bonds. The normalized spacial score (nSPS) is 15.3. The van der Waals surface area contributed by atoms with Gasteiger partial charge in [-0.05, 0) is 24.6 Å². The molecule has 5 aromatic rings. The lowest BCUT2D eigenvalue weighted by atomic mass is 10.0. The molecule has 5 heterocycles. The van der Waals surface area contributed by atoms with E-state index >= 15 is 0 Å². The number of nitrogens with one attached hydrogen (secondary N) is 1. The van der Waals surface area contributed by atoms with Crippen molar-refractivity contribution in [3.05, 3.63) is 81.9 Å². The van der Waals surface area contributed by atoms with E-state index in [0.717, 1.165) is 6.42 Å². The summed E-state index contributed by atoms with van der Waals surface area (Å²) >= 11 is 6.29. The molecule has 0 bridgehead atoms. The number of nitrogens with two attached hydrogens (primary N) is 1. The highest BCUT2D eigenvalue weighted by atomic mass is 35.5. The van der Waals surface area contributed by atoms with Gasteiger partial charge in [0, 0.05) is 18.9 Å². The second kappa shape index (κ2) is 8.19. The first kappa shape index (κ1) is 22.0. The molecule has 4 aromatic heterocycles. The van der Waals surface area contributed by atoms with Crippen LogP contribution < -0.4 is 16.2 Å². The van der Waals surface area contributed by atoms with Crippen molar-refractivity contribution < 1.29 is 4.79 Å². The van der Waals surface area contributed by atoms with Crippen LogP contribution in [0.15, 0.2) is 59.9 Å². The van der Waals surface area contributed by atoms with Crippen molar-refractivity contribution in [1.29, 1.82) is 0 Å². The minimum absolute atomic E-state index is 0. The van der Waals surface area contributed by atoms with E-state index in [1.54, 1.807) is 16.8 Å². The number of carbonyl (C=O) groups excluding carboxylic acids is 1. The zero-order valence-corrected chi connectivity index (χ0v) is 19.4. The van der Waals surface area contributed by atoms with Crippen molar-refractivity contribution >= 4 is 53.4 Å².